The second-order valence-corrected chi connectivity index (χ2v) is 4.54. The average molecular weight is 298 g/mol. The van der Waals surface area contributed by atoms with Crippen molar-refractivity contribution in [3.05, 3.63) is 0 Å². The van der Waals surface area contributed by atoms with Gasteiger partial charge in [-0.2, -0.15) is 9.98 Å². The molecular weight excluding hydrogens is 288 g/mol. The molecule has 11 nitrogen and oxygen atoms in total. The third kappa shape index (κ3) is 1.94. The Morgan fingerprint density at radius 1 is 1.19 bits per heavy atom. The van der Waals surface area contributed by atoms with Gasteiger partial charge in [0.05, 0.1) is 6.61 Å². The predicted molar refractivity (Wildman–Crippen MR) is 63.4 cm³/mol. The van der Waals surface area contributed by atoms with Crippen molar-refractivity contribution in [1.82, 2.24) is 10.2 Å². The lowest BCUT2D eigenvalue weighted by molar-refractivity contribution is -0.113. The van der Waals surface area contributed by atoms with Gasteiger partial charge in [-0.15, -0.1) is 0 Å². The molecular formula is C10H10N4O7. The Morgan fingerprint density at radius 2 is 1.90 bits per heavy atom. The number of rotatable bonds is 2. The summed E-state index contributed by atoms with van der Waals surface area (Å²) in [6.45, 7) is -0.587. The SMILES string of the molecule is O=C1N=C2C(=NC(=O)N2[C@@H]2O[C@H](CO)[C@@H](O)[C@H]2O)C(=O)N1. The van der Waals surface area contributed by atoms with Gasteiger partial charge in [-0.3, -0.25) is 10.1 Å². The lowest BCUT2D eigenvalue weighted by atomic mass is 10.1. The molecule has 0 saturated carbocycles. The molecule has 0 aromatic rings. The highest BCUT2D eigenvalue weighted by Gasteiger charge is 2.52. The topological polar surface area (TPSA) is 161 Å². The van der Waals surface area contributed by atoms with E-state index in [0.29, 0.717) is 4.90 Å². The van der Waals surface area contributed by atoms with E-state index in [1.807, 2.05) is 5.32 Å². The van der Waals surface area contributed by atoms with Crippen LogP contribution in [0.3, 0.4) is 0 Å². The summed E-state index contributed by atoms with van der Waals surface area (Å²) in [5.41, 5.74) is -0.377. The zero-order valence-corrected chi connectivity index (χ0v) is 10.3. The van der Waals surface area contributed by atoms with Gasteiger partial charge in [-0.25, -0.2) is 14.5 Å². The minimum atomic E-state index is -1.55. The number of aliphatic imine (C=N–C) groups is 2. The van der Waals surface area contributed by atoms with E-state index < -0.39 is 49.1 Å². The number of aliphatic hydroxyl groups is 3. The van der Waals surface area contributed by atoms with E-state index in [2.05, 4.69) is 9.98 Å². The highest BCUT2D eigenvalue weighted by Crippen LogP contribution is 2.27. The molecule has 0 radical (unpaired) electrons. The van der Waals surface area contributed by atoms with Gasteiger partial charge in [0.2, 0.25) is 0 Å². The molecule has 112 valence electrons. The van der Waals surface area contributed by atoms with Gasteiger partial charge in [0.1, 0.15) is 18.3 Å². The van der Waals surface area contributed by atoms with Crippen molar-refractivity contribution in [2.24, 2.45) is 9.98 Å². The zero-order chi connectivity index (χ0) is 15.3. The van der Waals surface area contributed by atoms with Crippen molar-refractivity contribution in [2.45, 2.75) is 24.5 Å². The molecule has 0 aromatic carbocycles. The fourth-order valence-corrected chi connectivity index (χ4v) is 2.27. The van der Waals surface area contributed by atoms with Crippen LogP contribution in [0, 0.1) is 0 Å². The number of amidine groups is 1. The number of amides is 5. The Morgan fingerprint density at radius 3 is 2.52 bits per heavy atom. The molecule has 4 atom stereocenters. The first-order valence-electron chi connectivity index (χ1n) is 5.92. The maximum atomic E-state index is 11.9. The van der Waals surface area contributed by atoms with Crippen molar-refractivity contribution >= 4 is 29.5 Å². The summed E-state index contributed by atoms with van der Waals surface area (Å²) in [4.78, 5) is 42.3. The summed E-state index contributed by atoms with van der Waals surface area (Å²) in [5, 5.41) is 30.4. The number of urea groups is 2. The number of nitrogens with zero attached hydrogens (tertiary/aromatic N) is 3. The molecule has 0 unspecified atom stereocenters. The van der Waals surface area contributed by atoms with Crippen molar-refractivity contribution < 1.29 is 34.4 Å². The average Bonchev–Trinajstić information content (AvgIpc) is 2.89. The maximum Gasteiger partial charge on any atom is 0.352 e. The minimum Gasteiger partial charge on any atom is -0.394 e. The van der Waals surface area contributed by atoms with E-state index in [9.17, 15) is 24.6 Å². The number of carbonyl (C=O) groups excluding carboxylic acids is 3. The molecule has 1 saturated heterocycles. The van der Waals surface area contributed by atoms with Gasteiger partial charge in [0.15, 0.2) is 17.8 Å². The van der Waals surface area contributed by atoms with Gasteiger partial charge in [-0.05, 0) is 0 Å². The summed E-state index contributed by atoms with van der Waals surface area (Å²) < 4.78 is 5.17. The molecule has 1 fully saturated rings. The largest absolute Gasteiger partial charge is 0.394 e. The Hall–Kier alpha value is -2.21. The van der Waals surface area contributed by atoms with E-state index in [1.54, 1.807) is 0 Å². The first-order valence-corrected chi connectivity index (χ1v) is 5.92. The van der Waals surface area contributed by atoms with E-state index >= 15 is 0 Å². The van der Waals surface area contributed by atoms with Crippen LogP contribution in [0.25, 0.3) is 0 Å². The minimum absolute atomic E-state index is 0.358. The maximum absolute atomic E-state index is 11.9. The van der Waals surface area contributed by atoms with E-state index in [1.165, 1.54) is 0 Å². The van der Waals surface area contributed by atoms with Crippen LogP contribution in [0.1, 0.15) is 0 Å². The van der Waals surface area contributed by atoms with Gasteiger partial charge in [-0.1, -0.05) is 0 Å². The third-order valence-electron chi connectivity index (χ3n) is 3.27. The first kappa shape index (κ1) is 13.8. The molecule has 0 aromatic heterocycles. The number of hydrogen-bond donors (Lipinski definition) is 4. The third-order valence-corrected chi connectivity index (χ3v) is 3.27. The summed E-state index contributed by atoms with van der Waals surface area (Å²) >= 11 is 0. The van der Waals surface area contributed by atoms with Crippen molar-refractivity contribution in [2.75, 3.05) is 6.61 Å². The van der Waals surface area contributed by atoms with Gasteiger partial charge >= 0.3 is 12.1 Å². The molecule has 3 heterocycles. The van der Waals surface area contributed by atoms with Crippen LogP contribution in [0.5, 0.6) is 0 Å². The molecule has 21 heavy (non-hydrogen) atoms. The molecule has 4 N–H and O–H groups in total. The fourth-order valence-electron chi connectivity index (χ4n) is 2.27. The highest BCUT2D eigenvalue weighted by atomic mass is 16.6. The van der Waals surface area contributed by atoms with Crippen molar-refractivity contribution in [3.8, 4) is 0 Å². The number of nitrogens with one attached hydrogen (secondary N) is 1. The van der Waals surface area contributed by atoms with Crippen LogP contribution in [-0.2, 0) is 9.53 Å². The summed E-state index contributed by atoms with van der Waals surface area (Å²) in [5.74, 6) is -1.25. The van der Waals surface area contributed by atoms with Crippen LogP contribution in [0.15, 0.2) is 9.98 Å². The van der Waals surface area contributed by atoms with Crippen molar-refractivity contribution in [3.63, 3.8) is 0 Å². The van der Waals surface area contributed by atoms with Crippen LogP contribution in [0.2, 0.25) is 0 Å². The molecule has 11 heteroatoms. The van der Waals surface area contributed by atoms with E-state index in [4.69, 9.17) is 9.84 Å². The first-order chi connectivity index (χ1) is 9.93. The smallest absolute Gasteiger partial charge is 0.352 e. The van der Waals surface area contributed by atoms with Gasteiger partial charge < -0.3 is 20.1 Å². The normalized spacial score (nSPS) is 35.6. The summed E-state index contributed by atoms with van der Waals surface area (Å²) in [7, 11) is 0. The lowest BCUT2D eigenvalue weighted by Crippen LogP contribution is -2.53. The molecule has 3 aliphatic rings. The number of ether oxygens (including phenoxy) is 1. The Balaban J connectivity index is 1.95. The Bertz CT molecular complexity index is 600. The number of carbonyl (C=O) groups is 3. The van der Waals surface area contributed by atoms with Crippen LogP contribution >= 0.6 is 0 Å². The van der Waals surface area contributed by atoms with E-state index in [-0.39, 0.29) is 11.5 Å². The standard InChI is InChI=1S/C10H10N4O7/c15-1-2-4(16)5(17)8(21-2)14-6-3(11-10(14)20)7(18)13-9(19)12-6/h2,4-5,8,15-17H,1H2,(H,13,18,19)/t2-,4-,5-,8-/m1/s1. The molecule has 0 bridgehead atoms. The highest BCUT2D eigenvalue weighted by molar-refractivity contribution is 6.72. The zero-order valence-electron chi connectivity index (χ0n) is 10.3. The Labute approximate surface area is 116 Å². The fraction of sp³-hybridized carbons (Fsp3) is 0.500. The van der Waals surface area contributed by atoms with Crippen molar-refractivity contribution in [1.29, 1.82) is 0 Å². The van der Waals surface area contributed by atoms with E-state index in [0.717, 1.165) is 0 Å². The molecule has 5 amide bonds. The van der Waals surface area contributed by atoms with Gasteiger partial charge in [0.25, 0.3) is 5.91 Å². The monoisotopic (exact) mass is 298 g/mol. The quantitative estimate of drug-likeness (QED) is 0.421. The van der Waals surface area contributed by atoms with Gasteiger partial charge in [0, 0.05) is 0 Å². The molecule has 3 aliphatic heterocycles. The Kier molecular flexibility index (Phi) is 3.06. The summed E-state index contributed by atoms with van der Waals surface area (Å²) in [6.07, 6.45) is -5.52. The number of fused-ring (bicyclic) bond motifs is 1. The molecule has 3 rings (SSSR count). The number of aliphatic hydroxyl groups excluding tert-OH is 3. The molecule has 0 aliphatic carbocycles. The predicted octanol–water partition coefficient (Wildman–Crippen LogP) is -3.05. The summed E-state index contributed by atoms with van der Waals surface area (Å²) in [6, 6.07) is -1.95. The second-order valence-electron chi connectivity index (χ2n) is 4.54. The molecule has 0 spiro atoms. The lowest BCUT2D eigenvalue weighted by Gasteiger charge is -2.26. The number of imide groups is 1. The van der Waals surface area contributed by atoms with Crippen LogP contribution < -0.4 is 5.32 Å². The van der Waals surface area contributed by atoms with Crippen LogP contribution in [-0.4, -0.2) is 80.9 Å². The number of hydrogen-bond acceptors (Lipinski definition) is 7. The van der Waals surface area contributed by atoms with Crippen LogP contribution in [0.4, 0.5) is 9.59 Å². The second kappa shape index (κ2) is 4.66.